The molecule has 1 amide bonds. The number of likely N-dealkylation sites (tertiary alicyclic amines) is 1. The van der Waals surface area contributed by atoms with Gasteiger partial charge in [-0.15, -0.1) is 0 Å². The van der Waals surface area contributed by atoms with Gasteiger partial charge in [0.1, 0.15) is 0 Å². The monoisotopic (exact) mass is 359 g/mol. The molecule has 2 unspecified atom stereocenters. The molecular weight excluding hydrogens is 334 g/mol. The lowest BCUT2D eigenvalue weighted by atomic mass is 10.1. The minimum Gasteiger partial charge on any atom is -0.504 e. The van der Waals surface area contributed by atoms with Crippen LogP contribution in [-0.2, 0) is 4.74 Å². The number of carbonyl (C=O) groups excluding carboxylic acids is 1. The summed E-state index contributed by atoms with van der Waals surface area (Å²) in [5.41, 5.74) is 2.98. The fraction of sp³-hybridized carbons (Fsp3) is 0.474. The largest absolute Gasteiger partial charge is 0.504 e. The summed E-state index contributed by atoms with van der Waals surface area (Å²) in [5.74, 6) is -0.634. The summed E-state index contributed by atoms with van der Waals surface area (Å²) in [6.07, 6.45) is 1.26. The van der Waals surface area contributed by atoms with Crippen molar-refractivity contribution >= 4 is 5.91 Å². The topological polar surface area (TPSA) is 87.8 Å². The Labute approximate surface area is 152 Å². The first-order valence-electron chi connectivity index (χ1n) is 8.83. The minimum atomic E-state index is -0.354. The van der Waals surface area contributed by atoms with Crippen LogP contribution < -0.4 is 0 Å². The van der Waals surface area contributed by atoms with Crippen LogP contribution in [0.2, 0.25) is 0 Å². The van der Waals surface area contributed by atoms with Crippen molar-refractivity contribution in [3.63, 3.8) is 0 Å². The minimum absolute atomic E-state index is 0.0137. The number of aryl methyl sites for hydroxylation is 1. The number of amides is 1. The van der Waals surface area contributed by atoms with Crippen LogP contribution in [0, 0.1) is 19.8 Å². The standard InChI is InChI=1S/C19H25N3O4/c1-4-26-17-10-21(8-14(17)11-23)19(25)18-16(24)9-22(20-18)15-7-5-6-12(2)13(15)3/h5-7,9,14,17,23-24H,4,8,10-11H2,1-3H3. The summed E-state index contributed by atoms with van der Waals surface area (Å²) in [4.78, 5) is 14.4. The molecule has 0 saturated carbocycles. The Hall–Kier alpha value is -2.38. The van der Waals surface area contributed by atoms with Crippen molar-refractivity contribution in [1.29, 1.82) is 0 Å². The first kappa shape index (κ1) is 18.4. The fourth-order valence-corrected chi connectivity index (χ4v) is 3.36. The molecule has 26 heavy (non-hydrogen) atoms. The Balaban J connectivity index is 1.85. The quantitative estimate of drug-likeness (QED) is 0.848. The van der Waals surface area contributed by atoms with E-state index in [1.807, 2.05) is 39.0 Å². The Morgan fingerprint density at radius 2 is 2.12 bits per heavy atom. The van der Waals surface area contributed by atoms with Crippen molar-refractivity contribution in [2.24, 2.45) is 5.92 Å². The molecule has 140 valence electrons. The van der Waals surface area contributed by atoms with Crippen molar-refractivity contribution in [3.05, 3.63) is 41.2 Å². The van der Waals surface area contributed by atoms with Crippen LogP contribution in [0.25, 0.3) is 5.69 Å². The first-order chi connectivity index (χ1) is 12.5. The van der Waals surface area contributed by atoms with Crippen LogP contribution in [0.3, 0.4) is 0 Å². The lowest BCUT2D eigenvalue weighted by Crippen LogP contribution is -2.30. The van der Waals surface area contributed by atoms with Crippen LogP contribution in [0.1, 0.15) is 28.5 Å². The molecule has 1 fully saturated rings. The highest BCUT2D eigenvalue weighted by atomic mass is 16.5. The van der Waals surface area contributed by atoms with Crippen LogP contribution in [0.4, 0.5) is 0 Å². The molecule has 0 radical (unpaired) electrons. The zero-order valence-electron chi connectivity index (χ0n) is 15.3. The molecule has 1 aromatic heterocycles. The van der Waals surface area contributed by atoms with Gasteiger partial charge in [-0.05, 0) is 38.0 Å². The van der Waals surface area contributed by atoms with Crippen molar-refractivity contribution in [2.45, 2.75) is 26.9 Å². The summed E-state index contributed by atoms with van der Waals surface area (Å²) in [6.45, 7) is 7.11. The molecule has 1 saturated heterocycles. The molecule has 2 atom stereocenters. The molecule has 1 aromatic carbocycles. The highest BCUT2D eigenvalue weighted by Crippen LogP contribution is 2.26. The van der Waals surface area contributed by atoms with Crippen LogP contribution in [0.5, 0.6) is 5.75 Å². The molecule has 2 heterocycles. The summed E-state index contributed by atoms with van der Waals surface area (Å²) < 4.78 is 7.15. The maximum absolute atomic E-state index is 12.8. The maximum Gasteiger partial charge on any atom is 0.278 e. The van der Waals surface area contributed by atoms with Crippen molar-refractivity contribution in [1.82, 2.24) is 14.7 Å². The fourth-order valence-electron chi connectivity index (χ4n) is 3.36. The van der Waals surface area contributed by atoms with Gasteiger partial charge >= 0.3 is 0 Å². The van der Waals surface area contributed by atoms with Gasteiger partial charge in [0.05, 0.1) is 24.6 Å². The Bertz CT molecular complexity index is 802. The molecule has 1 aliphatic heterocycles. The van der Waals surface area contributed by atoms with E-state index in [1.165, 1.54) is 10.9 Å². The van der Waals surface area contributed by atoms with E-state index < -0.39 is 0 Å². The van der Waals surface area contributed by atoms with E-state index in [1.54, 1.807) is 4.90 Å². The molecular formula is C19H25N3O4. The predicted octanol–water partition coefficient (Wildman–Crippen LogP) is 1.66. The number of rotatable bonds is 5. The third-order valence-corrected chi connectivity index (χ3v) is 5.00. The van der Waals surface area contributed by atoms with Gasteiger partial charge in [-0.3, -0.25) is 4.79 Å². The smallest absolute Gasteiger partial charge is 0.278 e. The summed E-state index contributed by atoms with van der Waals surface area (Å²) in [5, 5.41) is 24.1. The molecule has 7 heteroatoms. The third-order valence-electron chi connectivity index (χ3n) is 5.00. The van der Waals surface area contributed by atoms with Gasteiger partial charge in [-0.1, -0.05) is 12.1 Å². The second-order valence-electron chi connectivity index (χ2n) is 6.67. The highest BCUT2D eigenvalue weighted by molar-refractivity contribution is 5.95. The van der Waals surface area contributed by atoms with E-state index in [-0.39, 0.29) is 36.0 Å². The zero-order chi connectivity index (χ0) is 18.8. The summed E-state index contributed by atoms with van der Waals surface area (Å²) in [6, 6.07) is 5.81. The Morgan fingerprint density at radius 1 is 1.35 bits per heavy atom. The molecule has 3 rings (SSSR count). The maximum atomic E-state index is 12.8. The second kappa shape index (κ2) is 7.47. The predicted molar refractivity (Wildman–Crippen MR) is 96.6 cm³/mol. The number of aliphatic hydroxyl groups is 1. The zero-order valence-corrected chi connectivity index (χ0v) is 15.3. The molecule has 2 aromatic rings. The number of hydrogen-bond donors (Lipinski definition) is 2. The van der Waals surface area contributed by atoms with Gasteiger partial charge in [-0.25, -0.2) is 4.68 Å². The lowest BCUT2D eigenvalue weighted by molar-refractivity contribution is 0.0258. The van der Waals surface area contributed by atoms with E-state index in [2.05, 4.69) is 5.10 Å². The number of nitrogens with zero attached hydrogens (tertiary/aromatic N) is 3. The average molecular weight is 359 g/mol. The second-order valence-corrected chi connectivity index (χ2v) is 6.67. The number of hydrogen-bond acceptors (Lipinski definition) is 5. The van der Waals surface area contributed by atoms with E-state index >= 15 is 0 Å². The Morgan fingerprint density at radius 3 is 2.81 bits per heavy atom. The van der Waals surface area contributed by atoms with Gasteiger partial charge in [0.15, 0.2) is 11.4 Å². The van der Waals surface area contributed by atoms with Gasteiger partial charge in [-0.2, -0.15) is 5.10 Å². The third kappa shape index (κ3) is 3.32. The number of aliphatic hydroxyl groups excluding tert-OH is 1. The molecule has 0 aliphatic carbocycles. The summed E-state index contributed by atoms with van der Waals surface area (Å²) in [7, 11) is 0. The van der Waals surface area contributed by atoms with Gasteiger partial charge in [0.2, 0.25) is 0 Å². The number of ether oxygens (including phenoxy) is 1. The van der Waals surface area contributed by atoms with Gasteiger partial charge in [0, 0.05) is 25.6 Å². The van der Waals surface area contributed by atoms with Crippen LogP contribution >= 0.6 is 0 Å². The normalized spacial score (nSPS) is 19.9. The molecule has 7 nitrogen and oxygen atoms in total. The van der Waals surface area contributed by atoms with Crippen LogP contribution in [0.15, 0.2) is 24.4 Å². The molecule has 2 N–H and O–H groups in total. The lowest BCUT2D eigenvalue weighted by Gasteiger charge is -2.15. The molecule has 1 aliphatic rings. The van der Waals surface area contributed by atoms with Crippen molar-refractivity contribution < 1.29 is 19.7 Å². The van der Waals surface area contributed by atoms with Gasteiger partial charge in [0.25, 0.3) is 5.91 Å². The SMILES string of the molecule is CCOC1CN(C(=O)c2nn(-c3cccc(C)c3C)cc2O)CC1CO. The average Bonchev–Trinajstić information content (AvgIpc) is 3.20. The van der Waals surface area contributed by atoms with Crippen molar-refractivity contribution in [3.8, 4) is 11.4 Å². The van der Waals surface area contributed by atoms with Crippen LogP contribution in [-0.4, -0.2) is 63.2 Å². The van der Waals surface area contributed by atoms with E-state index in [0.717, 1.165) is 16.8 Å². The number of carbonyl (C=O) groups is 1. The number of aromatic hydroxyl groups is 1. The van der Waals surface area contributed by atoms with Crippen molar-refractivity contribution in [2.75, 3.05) is 26.3 Å². The summed E-state index contributed by atoms with van der Waals surface area (Å²) >= 11 is 0. The molecule has 0 spiro atoms. The molecule has 0 bridgehead atoms. The van der Waals surface area contributed by atoms with E-state index in [9.17, 15) is 15.0 Å². The highest BCUT2D eigenvalue weighted by Gasteiger charge is 2.37. The van der Waals surface area contributed by atoms with E-state index in [0.29, 0.717) is 19.7 Å². The number of aromatic nitrogens is 2. The Kier molecular flexibility index (Phi) is 5.29. The van der Waals surface area contributed by atoms with Gasteiger partial charge < -0.3 is 19.8 Å². The van der Waals surface area contributed by atoms with E-state index in [4.69, 9.17) is 4.74 Å². The first-order valence-corrected chi connectivity index (χ1v) is 8.83. The number of benzene rings is 1.